The Balaban J connectivity index is 2.91. The molecule has 0 saturated carbocycles. The molecule has 96 valence electrons. The quantitative estimate of drug-likeness (QED) is 0.908. The molecule has 1 aromatic rings. The first kappa shape index (κ1) is 14.5. The molecule has 0 amide bonds. The van der Waals surface area contributed by atoms with E-state index in [1.54, 1.807) is 7.11 Å². The Hall–Kier alpha value is -0.580. The number of nitrogens with two attached hydrogens (primary N) is 1. The molecule has 0 fully saturated rings. The average Bonchev–Trinajstić information content (AvgIpc) is 2.29. The molecule has 0 aliphatic heterocycles. The second-order valence-corrected chi connectivity index (χ2v) is 5.74. The Labute approximate surface area is 112 Å². The maximum absolute atomic E-state index is 5.78. The number of hydrogen-bond acceptors (Lipinski definition) is 3. The van der Waals surface area contributed by atoms with Crippen molar-refractivity contribution in [1.82, 2.24) is 4.90 Å². The van der Waals surface area contributed by atoms with Gasteiger partial charge in [0.05, 0.1) is 7.11 Å². The Morgan fingerprint density at radius 1 is 1.41 bits per heavy atom. The van der Waals surface area contributed by atoms with Crippen LogP contribution in [0, 0.1) is 0 Å². The van der Waals surface area contributed by atoms with Crippen molar-refractivity contribution >= 4 is 15.9 Å². The van der Waals surface area contributed by atoms with Crippen LogP contribution in [0.3, 0.4) is 0 Å². The van der Waals surface area contributed by atoms with Gasteiger partial charge in [-0.25, -0.2) is 0 Å². The SMILES string of the molecule is COc1ccc(Br)cc1CN(C)C(C)(C)CN. The van der Waals surface area contributed by atoms with Gasteiger partial charge in [0.15, 0.2) is 0 Å². The molecule has 1 rings (SSSR count). The number of ether oxygens (including phenoxy) is 1. The second-order valence-electron chi connectivity index (χ2n) is 4.83. The van der Waals surface area contributed by atoms with E-state index in [-0.39, 0.29) is 5.54 Å². The lowest BCUT2D eigenvalue weighted by Crippen LogP contribution is -2.46. The fraction of sp³-hybridized carbons (Fsp3) is 0.538. The fourth-order valence-electron chi connectivity index (χ4n) is 1.50. The van der Waals surface area contributed by atoms with Gasteiger partial charge in [-0.2, -0.15) is 0 Å². The van der Waals surface area contributed by atoms with Crippen molar-refractivity contribution < 1.29 is 4.74 Å². The molecule has 0 heterocycles. The highest BCUT2D eigenvalue weighted by molar-refractivity contribution is 9.10. The van der Waals surface area contributed by atoms with Crippen molar-refractivity contribution in [3.8, 4) is 5.75 Å². The minimum atomic E-state index is -0.0205. The van der Waals surface area contributed by atoms with Gasteiger partial charge >= 0.3 is 0 Å². The summed E-state index contributed by atoms with van der Waals surface area (Å²) in [6.45, 7) is 5.71. The third kappa shape index (κ3) is 3.69. The van der Waals surface area contributed by atoms with Gasteiger partial charge in [-0.05, 0) is 39.1 Å². The zero-order valence-electron chi connectivity index (χ0n) is 11.0. The van der Waals surface area contributed by atoms with E-state index in [4.69, 9.17) is 10.5 Å². The van der Waals surface area contributed by atoms with Crippen molar-refractivity contribution in [2.75, 3.05) is 20.7 Å². The highest BCUT2D eigenvalue weighted by Gasteiger charge is 2.22. The van der Waals surface area contributed by atoms with Gasteiger partial charge in [-0.1, -0.05) is 15.9 Å². The van der Waals surface area contributed by atoms with Crippen LogP contribution in [0.4, 0.5) is 0 Å². The second kappa shape index (κ2) is 5.85. The van der Waals surface area contributed by atoms with Crippen LogP contribution in [0.2, 0.25) is 0 Å². The number of likely N-dealkylation sites (N-methyl/N-ethyl adjacent to an activating group) is 1. The van der Waals surface area contributed by atoms with Crippen LogP contribution >= 0.6 is 15.9 Å². The van der Waals surface area contributed by atoms with E-state index in [0.29, 0.717) is 6.54 Å². The van der Waals surface area contributed by atoms with Gasteiger partial charge in [0.2, 0.25) is 0 Å². The molecular weight excluding hydrogens is 280 g/mol. The smallest absolute Gasteiger partial charge is 0.123 e. The van der Waals surface area contributed by atoms with E-state index in [0.717, 1.165) is 22.3 Å². The van der Waals surface area contributed by atoms with Gasteiger partial charge in [-0.3, -0.25) is 4.90 Å². The lowest BCUT2D eigenvalue weighted by Gasteiger charge is -2.34. The zero-order valence-corrected chi connectivity index (χ0v) is 12.5. The summed E-state index contributed by atoms with van der Waals surface area (Å²) in [4.78, 5) is 2.23. The molecule has 0 radical (unpaired) electrons. The third-order valence-corrected chi connectivity index (χ3v) is 3.68. The molecule has 17 heavy (non-hydrogen) atoms. The zero-order chi connectivity index (χ0) is 13.1. The van der Waals surface area contributed by atoms with Gasteiger partial charge in [-0.15, -0.1) is 0 Å². The highest BCUT2D eigenvalue weighted by atomic mass is 79.9. The lowest BCUT2D eigenvalue weighted by molar-refractivity contribution is 0.154. The summed E-state index contributed by atoms with van der Waals surface area (Å²) in [5, 5.41) is 0. The number of hydrogen-bond donors (Lipinski definition) is 1. The van der Waals surface area contributed by atoms with Crippen molar-refractivity contribution in [2.45, 2.75) is 25.9 Å². The van der Waals surface area contributed by atoms with Crippen LogP contribution in [0.25, 0.3) is 0 Å². The monoisotopic (exact) mass is 300 g/mol. The van der Waals surface area contributed by atoms with E-state index in [2.05, 4.69) is 47.8 Å². The molecule has 0 atom stereocenters. The molecule has 3 nitrogen and oxygen atoms in total. The van der Waals surface area contributed by atoms with Crippen molar-refractivity contribution in [3.63, 3.8) is 0 Å². The van der Waals surface area contributed by atoms with Gasteiger partial charge in [0.1, 0.15) is 5.75 Å². The first-order valence-corrected chi connectivity index (χ1v) is 6.43. The maximum atomic E-state index is 5.78. The Morgan fingerprint density at radius 2 is 2.06 bits per heavy atom. The van der Waals surface area contributed by atoms with E-state index < -0.39 is 0 Å². The summed E-state index contributed by atoms with van der Waals surface area (Å²) in [5.74, 6) is 0.910. The van der Waals surface area contributed by atoms with E-state index in [1.807, 2.05) is 12.1 Å². The molecule has 0 aliphatic rings. The molecule has 0 spiro atoms. The number of halogens is 1. The predicted molar refractivity (Wildman–Crippen MR) is 75.3 cm³/mol. The van der Waals surface area contributed by atoms with Crippen molar-refractivity contribution in [3.05, 3.63) is 28.2 Å². The summed E-state index contributed by atoms with van der Waals surface area (Å²) >= 11 is 3.48. The summed E-state index contributed by atoms with van der Waals surface area (Å²) in [5.41, 5.74) is 6.92. The van der Waals surface area contributed by atoms with Crippen LogP contribution in [0.5, 0.6) is 5.75 Å². The largest absolute Gasteiger partial charge is 0.496 e. The Morgan fingerprint density at radius 3 is 2.59 bits per heavy atom. The molecule has 4 heteroatoms. The summed E-state index contributed by atoms with van der Waals surface area (Å²) in [7, 11) is 3.77. The Kier molecular flexibility index (Phi) is 4.98. The molecule has 0 aliphatic carbocycles. The lowest BCUT2D eigenvalue weighted by atomic mass is 10.0. The van der Waals surface area contributed by atoms with E-state index >= 15 is 0 Å². The van der Waals surface area contributed by atoms with Crippen molar-refractivity contribution in [1.29, 1.82) is 0 Å². The number of methoxy groups -OCH3 is 1. The first-order chi connectivity index (χ1) is 7.90. The minimum Gasteiger partial charge on any atom is -0.496 e. The molecule has 0 saturated heterocycles. The molecule has 2 N–H and O–H groups in total. The summed E-state index contributed by atoms with van der Waals surface area (Å²) < 4.78 is 6.43. The van der Waals surface area contributed by atoms with Crippen LogP contribution in [-0.2, 0) is 6.54 Å². The summed E-state index contributed by atoms with van der Waals surface area (Å²) in [6, 6.07) is 6.04. The highest BCUT2D eigenvalue weighted by Crippen LogP contribution is 2.25. The van der Waals surface area contributed by atoms with E-state index in [9.17, 15) is 0 Å². The number of rotatable bonds is 5. The summed E-state index contributed by atoms with van der Waals surface area (Å²) in [6.07, 6.45) is 0. The van der Waals surface area contributed by atoms with Gasteiger partial charge < -0.3 is 10.5 Å². The number of nitrogens with zero attached hydrogens (tertiary/aromatic N) is 1. The topological polar surface area (TPSA) is 38.5 Å². The Bertz CT molecular complexity index is 380. The van der Waals surface area contributed by atoms with Crippen LogP contribution in [0.1, 0.15) is 19.4 Å². The van der Waals surface area contributed by atoms with Crippen LogP contribution in [-0.4, -0.2) is 31.1 Å². The normalized spacial score (nSPS) is 11.9. The average molecular weight is 301 g/mol. The van der Waals surface area contributed by atoms with Crippen LogP contribution in [0.15, 0.2) is 22.7 Å². The fourth-order valence-corrected chi connectivity index (χ4v) is 1.90. The van der Waals surface area contributed by atoms with Crippen molar-refractivity contribution in [2.24, 2.45) is 5.73 Å². The standard InChI is InChI=1S/C13H21BrN2O/c1-13(2,9-15)16(3)8-10-7-11(14)5-6-12(10)17-4/h5-7H,8-9,15H2,1-4H3. The van der Waals surface area contributed by atoms with Gasteiger partial charge in [0.25, 0.3) is 0 Å². The number of benzene rings is 1. The van der Waals surface area contributed by atoms with Gasteiger partial charge in [0, 0.05) is 28.7 Å². The van der Waals surface area contributed by atoms with Crippen LogP contribution < -0.4 is 10.5 Å². The minimum absolute atomic E-state index is 0.0205. The molecule has 0 aromatic heterocycles. The third-order valence-electron chi connectivity index (χ3n) is 3.18. The predicted octanol–water partition coefficient (Wildman–Crippen LogP) is 2.63. The molecule has 1 aromatic carbocycles. The van der Waals surface area contributed by atoms with E-state index in [1.165, 1.54) is 0 Å². The molecule has 0 unspecified atom stereocenters. The maximum Gasteiger partial charge on any atom is 0.123 e. The molecule has 0 bridgehead atoms. The molecular formula is C13H21BrN2O. The first-order valence-electron chi connectivity index (χ1n) is 5.64.